The Morgan fingerprint density at radius 1 is 1.20 bits per heavy atom. The highest BCUT2D eigenvalue weighted by atomic mass is 79.9. The van der Waals surface area contributed by atoms with Crippen molar-refractivity contribution in [3.05, 3.63) is 58.1 Å². The van der Waals surface area contributed by atoms with E-state index in [2.05, 4.69) is 21.2 Å². The molecule has 104 valence electrons. The fourth-order valence-electron chi connectivity index (χ4n) is 2.26. The molecule has 1 atom stereocenters. The van der Waals surface area contributed by atoms with Crippen LogP contribution in [0.4, 0.5) is 14.5 Å². The van der Waals surface area contributed by atoms with Gasteiger partial charge in [-0.1, -0.05) is 15.9 Å². The van der Waals surface area contributed by atoms with Gasteiger partial charge in [0, 0.05) is 16.5 Å². The molecule has 2 aromatic rings. The number of hydrogen-bond acceptors (Lipinski definition) is 2. The van der Waals surface area contributed by atoms with Crippen molar-refractivity contribution in [3.8, 4) is 5.75 Å². The molecule has 1 aliphatic rings. The van der Waals surface area contributed by atoms with Crippen LogP contribution >= 0.6 is 15.9 Å². The average Bonchev–Trinajstić information content (AvgIpc) is 2.79. The first kappa shape index (κ1) is 13.4. The quantitative estimate of drug-likeness (QED) is 0.907. The molecule has 20 heavy (non-hydrogen) atoms. The summed E-state index contributed by atoms with van der Waals surface area (Å²) in [6.45, 7) is 0.467. The van der Waals surface area contributed by atoms with Crippen LogP contribution in [0.25, 0.3) is 0 Å². The summed E-state index contributed by atoms with van der Waals surface area (Å²) in [5, 5.41) is 3.02. The Morgan fingerprint density at radius 2 is 2.05 bits per heavy atom. The molecule has 0 aromatic heterocycles. The minimum Gasteiger partial charge on any atom is -0.488 e. The highest BCUT2D eigenvalue weighted by Crippen LogP contribution is 2.29. The number of anilines is 1. The lowest BCUT2D eigenvalue weighted by molar-refractivity contribution is 0.246. The fraction of sp³-hybridized carbons (Fsp3) is 0.200. The Labute approximate surface area is 123 Å². The van der Waals surface area contributed by atoms with E-state index in [1.54, 1.807) is 18.2 Å². The van der Waals surface area contributed by atoms with Gasteiger partial charge in [-0.3, -0.25) is 0 Å². The van der Waals surface area contributed by atoms with Crippen LogP contribution in [0.2, 0.25) is 0 Å². The van der Waals surface area contributed by atoms with E-state index in [-0.39, 0.29) is 17.7 Å². The maximum atomic E-state index is 13.7. The molecule has 1 N–H and O–H groups in total. The highest BCUT2D eigenvalue weighted by Gasteiger charge is 2.23. The zero-order valence-electron chi connectivity index (χ0n) is 10.5. The van der Waals surface area contributed by atoms with Crippen LogP contribution in [0.15, 0.2) is 40.9 Å². The number of benzene rings is 2. The summed E-state index contributed by atoms with van der Waals surface area (Å²) in [7, 11) is 0. The molecule has 1 heterocycles. The van der Waals surface area contributed by atoms with Crippen LogP contribution in [0.1, 0.15) is 5.56 Å². The molecule has 0 bridgehead atoms. The Bertz CT molecular complexity index is 648. The summed E-state index contributed by atoms with van der Waals surface area (Å²) in [6, 6.07) is 9.33. The molecule has 0 saturated heterocycles. The largest absolute Gasteiger partial charge is 0.488 e. The molecule has 5 heteroatoms. The van der Waals surface area contributed by atoms with Gasteiger partial charge in [0.05, 0.1) is 12.2 Å². The molecule has 0 aliphatic carbocycles. The summed E-state index contributed by atoms with van der Waals surface area (Å²) in [5.41, 5.74) is 1.28. The lowest BCUT2D eigenvalue weighted by Gasteiger charge is -2.13. The van der Waals surface area contributed by atoms with Gasteiger partial charge in [0.1, 0.15) is 23.5 Å². The SMILES string of the molecule is Fc1ccc2c(c1)CC(CNc1ccc(Br)cc1F)O2. The smallest absolute Gasteiger partial charge is 0.147 e. The third-order valence-corrected chi connectivity index (χ3v) is 3.71. The predicted octanol–water partition coefficient (Wildman–Crippen LogP) is 4.14. The van der Waals surface area contributed by atoms with Gasteiger partial charge in [0.2, 0.25) is 0 Å². The van der Waals surface area contributed by atoms with Gasteiger partial charge in [0.25, 0.3) is 0 Å². The molecule has 0 saturated carbocycles. The van der Waals surface area contributed by atoms with Gasteiger partial charge >= 0.3 is 0 Å². The highest BCUT2D eigenvalue weighted by molar-refractivity contribution is 9.10. The van der Waals surface area contributed by atoms with E-state index in [9.17, 15) is 8.78 Å². The minimum absolute atomic E-state index is 0.116. The van der Waals surface area contributed by atoms with Crippen molar-refractivity contribution in [2.45, 2.75) is 12.5 Å². The van der Waals surface area contributed by atoms with E-state index in [1.807, 2.05) is 0 Å². The lowest BCUT2D eigenvalue weighted by Crippen LogP contribution is -2.24. The number of ether oxygens (including phenoxy) is 1. The maximum Gasteiger partial charge on any atom is 0.147 e. The van der Waals surface area contributed by atoms with Crippen molar-refractivity contribution >= 4 is 21.6 Å². The molecule has 2 aromatic carbocycles. The van der Waals surface area contributed by atoms with E-state index in [0.717, 1.165) is 5.56 Å². The van der Waals surface area contributed by atoms with Crippen molar-refractivity contribution in [2.24, 2.45) is 0 Å². The van der Waals surface area contributed by atoms with Gasteiger partial charge in [0.15, 0.2) is 0 Å². The van der Waals surface area contributed by atoms with Crippen LogP contribution in [-0.4, -0.2) is 12.6 Å². The number of hydrogen-bond donors (Lipinski definition) is 1. The monoisotopic (exact) mass is 339 g/mol. The molecule has 0 amide bonds. The van der Waals surface area contributed by atoms with Gasteiger partial charge in [-0.15, -0.1) is 0 Å². The molecular weight excluding hydrogens is 328 g/mol. The Morgan fingerprint density at radius 3 is 2.85 bits per heavy atom. The molecule has 3 rings (SSSR count). The van der Waals surface area contributed by atoms with Crippen LogP contribution in [0, 0.1) is 11.6 Å². The first-order valence-corrected chi connectivity index (χ1v) is 7.05. The molecule has 2 nitrogen and oxygen atoms in total. The maximum absolute atomic E-state index is 13.7. The normalized spacial score (nSPS) is 16.6. The summed E-state index contributed by atoms with van der Waals surface area (Å²) in [4.78, 5) is 0. The molecule has 0 fully saturated rings. The van der Waals surface area contributed by atoms with E-state index in [0.29, 0.717) is 28.9 Å². The van der Waals surface area contributed by atoms with Crippen LogP contribution in [-0.2, 0) is 6.42 Å². The summed E-state index contributed by atoms with van der Waals surface area (Å²) >= 11 is 3.21. The number of nitrogens with one attached hydrogen (secondary N) is 1. The Kier molecular flexibility index (Phi) is 3.61. The Hall–Kier alpha value is -1.62. The van der Waals surface area contributed by atoms with Gasteiger partial charge in [-0.25, -0.2) is 8.78 Å². The average molecular weight is 340 g/mol. The van der Waals surface area contributed by atoms with Gasteiger partial charge < -0.3 is 10.1 Å². The zero-order chi connectivity index (χ0) is 14.1. The van der Waals surface area contributed by atoms with E-state index in [1.165, 1.54) is 18.2 Å². The van der Waals surface area contributed by atoms with Crippen LogP contribution in [0.5, 0.6) is 5.75 Å². The number of rotatable bonds is 3. The second-order valence-corrected chi connectivity index (χ2v) is 5.62. The van der Waals surface area contributed by atoms with Gasteiger partial charge in [-0.05, 0) is 36.4 Å². The second-order valence-electron chi connectivity index (χ2n) is 4.70. The molecular formula is C15H12BrF2NO. The van der Waals surface area contributed by atoms with Crippen molar-refractivity contribution in [1.29, 1.82) is 0 Å². The number of fused-ring (bicyclic) bond motifs is 1. The minimum atomic E-state index is -0.319. The van der Waals surface area contributed by atoms with Crippen molar-refractivity contribution < 1.29 is 13.5 Å². The van der Waals surface area contributed by atoms with Crippen molar-refractivity contribution in [3.63, 3.8) is 0 Å². The molecule has 1 unspecified atom stereocenters. The van der Waals surface area contributed by atoms with Crippen molar-refractivity contribution in [1.82, 2.24) is 0 Å². The van der Waals surface area contributed by atoms with Crippen LogP contribution < -0.4 is 10.1 Å². The lowest BCUT2D eigenvalue weighted by atomic mass is 10.1. The zero-order valence-corrected chi connectivity index (χ0v) is 12.1. The standard InChI is InChI=1S/C15H12BrF2NO/c16-10-1-3-14(13(18)7-10)19-8-12-6-9-5-11(17)2-4-15(9)20-12/h1-5,7,12,19H,6,8H2. The first-order valence-electron chi connectivity index (χ1n) is 6.26. The number of halogens is 3. The first-order chi connectivity index (χ1) is 9.61. The molecule has 0 radical (unpaired) electrons. The predicted molar refractivity (Wildman–Crippen MR) is 77.1 cm³/mol. The molecule has 1 aliphatic heterocycles. The van der Waals surface area contributed by atoms with Gasteiger partial charge in [-0.2, -0.15) is 0 Å². The van der Waals surface area contributed by atoms with E-state index < -0.39 is 0 Å². The van der Waals surface area contributed by atoms with E-state index >= 15 is 0 Å². The topological polar surface area (TPSA) is 21.3 Å². The summed E-state index contributed by atoms with van der Waals surface area (Å²) in [6.07, 6.45) is 0.507. The fourth-order valence-corrected chi connectivity index (χ4v) is 2.59. The Balaban J connectivity index is 1.63. The third kappa shape index (κ3) is 2.77. The van der Waals surface area contributed by atoms with Crippen LogP contribution in [0.3, 0.4) is 0 Å². The summed E-state index contributed by atoms with van der Waals surface area (Å²) in [5.74, 6) is 0.121. The van der Waals surface area contributed by atoms with Crippen molar-refractivity contribution in [2.75, 3.05) is 11.9 Å². The molecule has 0 spiro atoms. The van der Waals surface area contributed by atoms with E-state index in [4.69, 9.17) is 4.74 Å². The summed E-state index contributed by atoms with van der Waals surface area (Å²) < 4.78 is 33.1. The second kappa shape index (κ2) is 5.40. The third-order valence-electron chi connectivity index (χ3n) is 3.22.